The van der Waals surface area contributed by atoms with Crippen LogP contribution in [0, 0.1) is 5.92 Å². The van der Waals surface area contributed by atoms with Crippen LogP contribution in [-0.2, 0) is 19.0 Å². The van der Waals surface area contributed by atoms with Crippen molar-refractivity contribution >= 4 is 6.21 Å². The van der Waals surface area contributed by atoms with Crippen molar-refractivity contribution in [3.05, 3.63) is 66.4 Å². The quantitative estimate of drug-likeness (QED) is 0.185. The fraction of sp³-hybridized carbons (Fsp3) is 0.407. The lowest BCUT2D eigenvalue weighted by atomic mass is 9.97. The largest absolute Gasteiger partial charge is 0.573 e. The van der Waals surface area contributed by atoms with Gasteiger partial charge in [0.15, 0.2) is 6.10 Å². The second-order valence-electron chi connectivity index (χ2n) is 8.88. The second kappa shape index (κ2) is 13.6. The maximum Gasteiger partial charge on any atom is 0.573 e. The molecule has 0 saturated heterocycles. The zero-order valence-corrected chi connectivity index (χ0v) is 22.2. The van der Waals surface area contributed by atoms with Crippen LogP contribution in [0.4, 0.5) is 13.2 Å². The average Bonchev–Trinajstić information content (AvgIpc) is 3.38. The Balaban J connectivity index is 1.62. The van der Waals surface area contributed by atoms with Gasteiger partial charge in [-0.15, -0.1) is 13.2 Å². The maximum atomic E-state index is 12.4. The van der Waals surface area contributed by atoms with Gasteiger partial charge in [0, 0.05) is 33.1 Å². The van der Waals surface area contributed by atoms with E-state index in [2.05, 4.69) is 15.0 Å². The number of aromatic nitrogens is 2. The first kappa shape index (κ1) is 30.1. The molecule has 12 heteroatoms. The van der Waals surface area contributed by atoms with Crippen LogP contribution in [-0.4, -0.2) is 73.4 Å². The number of alkyl halides is 3. The summed E-state index contributed by atoms with van der Waals surface area (Å²) >= 11 is 0. The summed E-state index contributed by atoms with van der Waals surface area (Å²) in [4.78, 5) is 5.24. The number of hydrogen-bond donors (Lipinski definition) is 1. The van der Waals surface area contributed by atoms with Gasteiger partial charge in [-0.2, -0.15) is 5.10 Å². The van der Waals surface area contributed by atoms with E-state index in [-0.39, 0.29) is 17.8 Å². The molecule has 1 aromatic heterocycles. The van der Waals surface area contributed by atoms with E-state index < -0.39 is 24.9 Å². The summed E-state index contributed by atoms with van der Waals surface area (Å²) in [5.74, 6) is -0.199. The number of methoxy groups -OCH3 is 3. The Labute approximate surface area is 224 Å². The monoisotopic (exact) mass is 551 g/mol. The van der Waals surface area contributed by atoms with Gasteiger partial charge in [-0.1, -0.05) is 43.3 Å². The van der Waals surface area contributed by atoms with Crippen LogP contribution in [0.5, 0.6) is 5.75 Å². The van der Waals surface area contributed by atoms with Crippen LogP contribution in [0.2, 0.25) is 0 Å². The molecule has 0 spiro atoms. The number of rotatable bonds is 13. The molecule has 0 unspecified atom stereocenters. The Morgan fingerprint density at radius 3 is 2.03 bits per heavy atom. The van der Waals surface area contributed by atoms with Gasteiger partial charge in [-0.25, -0.2) is 4.68 Å². The fourth-order valence-corrected chi connectivity index (χ4v) is 4.03. The zero-order valence-electron chi connectivity index (χ0n) is 22.2. The lowest BCUT2D eigenvalue weighted by molar-refractivity contribution is -0.274. The van der Waals surface area contributed by atoms with E-state index in [9.17, 15) is 18.3 Å². The zero-order chi connectivity index (χ0) is 28.6. The minimum absolute atomic E-state index is 0.108. The maximum absolute atomic E-state index is 12.4. The minimum atomic E-state index is -4.75. The highest BCUT2D eigenvalue weighted by Gasteiger charge is 2.38. The number of halogens is 3. The lowest BCUT2D eigenvalue weighted by Gasteiger charge is -2.34. The Morgan fingerprint density at radius 2 is 1.49 bits per heavy atom. The predicted molar refractivity (Wildman–Crippen MR) is 138 cm³/mol. The number of benzene rings is 2. The second-order valence-corrected chi connectivity index (χ2v) is 8.88. The number of nitrogens with zero attached hydrogens (tertiary/aromatic N) is 3. The van der Waals surface area contributed by atoms with Crippen molar-refractivity contribution in [3.63, 3.8) is 0 Å². The molecule has 3 rings (SSSR count). The average molecular weight is 552 g/mol. The molecule has 212 valence electrons. The molecule has 2 aromatic carbocycles. The third-order valence-electron chi connectivity index (χ3n) is 5.90. The fourth-order valence-electron chi connectivity index (χ4n) is 4.03. The van der Waals surface area contributed by atoms with E-state index in [4.69, 9.17) is 19.0 Å². The number of hydrogen-bond acceptors (Lipinski definition) is 8. The van der Waals surface area contributed by atoms with Crippen LogP contribution >= 0.6 is 0 Å². The first-order valence-electron chi connectivity index (χ1n) is 12.0. The summed E-state index contributed by atoms with van der Waals surface area (Å²) in [5.41, 5.74) is 2.75. The Morgan fingerprint density at radius 1 is 0.872 bits per heavy atom. The highest BCUT2D eigenvalue weighted by Crippen LogP contribution is 2.25. The summed E-state index contributed by atoms with van der Waals surface area (Å²) in [6.07, 6.45) is -4.76. The van der Waals surface area contributed by atoms with Gasteiger partial charge >= 0.3 is 6.36 Å². The van der Waals surface area contributed by atoms with Crippen molar-refractivity contribution in [1.82, 2.24) is 9.78 Å². The van der Waals surface area contributed by atoms with Crippen LogP contribution in [0.15, 0.2) is 65.9 Å². The third kappa shape index (κ3) is 8.27. The molecule has 0 aliphatic rings. The molecule has 0 fully saturated rings. The van der Waals surface area contributed by atoms with Gasteiger partial charge in [0.2, 0.25) is 0 Å². The Bertz CT molecular complexity index is 1180. The topological polar surface area (TPSA) is 96.6 Å². The van der Waals surface area contributed by atoms with E-state index in [1.807, 2.05) is 26.0 Å². The molecular weight excluding hydrogens is 519 g/mol. The number of aliphatic hydroxyl groups excluding tert-OH is 1. The van der Waals surface area contributed by atoms with Crippen molar-refractivity contribution in [2.75, 3.05) is 21.3 Å². The Kier molecular flexibility index (Phi) is 10.5. The predicted octanol–water partition coefficient (Wildman–Crippen LogP) is 4.81. The summed E-state index contributed by atoms with van der Waals surface area (Å²) in [5, 5.41) is 18.9. The summed E-state index contributed by atoms with van der Waals surface area (Å²) in [7, 11) is 4.52. The third-order valence-corrected chi connectivity index (χ3v) is 5.90. The molecule has 1 N–H and O–H groups in total. The molecule has 0 amide bonds. The van der Waals surface area contributed by atoms with E-state index in [0.29, 0.717) is 16.9 Å². The molecule has 4 atom stereocenters. The first-order valence-corrected chi connectivity index (χ1v) is 12.0. The van der Waals surface area contributed by atoms with Crippen molar-refractivity contribution in [1.29, 1.82) is 0 Å². The van der Waals surface area contributed by atoms with Crippen LogP contribution in [0.1, 0.15) is 19.4 Å². The van der Waals surface area contributed by atoms with Crippen LogP contribution < -0.4 is 4.74 Å². The molecule has 9 nitrogen and oxygen atoms in total. The highest BCUT2D eigenvalue weighted by molar-refractivity contribution is 5.80. The first-order chi connectivity index (χ1) is 18.6. The number of ether oxygens (including phenoxy) is 4. The molecule has 1 heterocycles. The lowest BCUT2D eigenvalue weighted by Crippen LogP contribution is -2.49. The SMILES string of the molecule is CO[C@H]([C@H](OC)[C@@H](OC)C(C)C)[C@@H](O)O/N=C/c1ccc(-c2ccn(-c3ccc(OC(F)(F)F)cc3)n2)cc1. The van der Waals surface area contributed by atoms with E-state index in [0.717, 1.165) is 5.56 Å². The molecule has 39 heavy (non-hydrogen) atoms. The summed E-state index contributed by atoms with van der Waals surface area (Å²) in [6.45, 7) is 3.95. The van der Waals surface area contributed by atoms with Gasteiger partial charge in [0.25, 0.3) is 6.29 Å². The Hall–Kier alpha value is -3.45. The van der Waals surface area contributed by atoms with E-state index >= 15 is 0 Å². The summed E-state index contributed by atoms with van der Waals surface area (Å²) < 4.78 is 59.0. The van der Waals surface area contributed by atoms with Gasteiger partial charge < -0.3 is 28.9 Å². The molecular formula is C27H32F3N3O6. The molecule has 3 aromatic rings. The van der Waals surface area contributed by atoms with Gasteiger partial charge in [0.1, 0.15) is 11.9 Å². The smallest absolute Gasteiger partial charge is 0.406 e. The van der Waals surface area contributed by atoms with Gasteiger partial charge in [-0.05, 0) is 41.8 Å². The molecule has 0 bridgehead atoms. The van der Waals surface area contributed by atoms with Crippen molar-refractivity contribution in [2.24, 2.45) is 11.1 Å². The highest BCUT2D eigenvalue weighted by atomic mass is 19.4. The summed E-state index contributed by atoms with van der Waals surface area (Å²) in [6, 6.07) is 14.4. The van der Waals surface area contributed by atoms with E-state index in [1.54, 1.807) is 36.2 Å². The standard InChI is InChI=1S/C27H32F3N3O6/c1-17(2)23(35-3)24(36-4)25(37-5)26(34)39-31-16-18-6-8-19(9-7-18)22-14-15-33(32-22)20-10-12-21(13-11-20)38-27(28,29)30/h6-17,23-26,34H,1-5H3/b31-16+/t23-,24+,25+,26-/m0/s1. The van der Waals surface area contributed by atoms with Gasteiger partial charge in [-0.3, -0.25) is 0 Å². The van der Waals surface area contributed by atoms with Crippen molar-refractivity contribution < 1.29 is 42.1 Å². The van der Waals surface area contributed by atoms with Crippen molar-refractivity contribution in [3.8, 4) is 22.7 Å². The number of aliphatic hydroxyl groups is 1. The molecule has 0 aliphatic carbocycles. The van der Waals surface area contributed by atoms with Gasteiger partial charge in [0.05, 0.1) is 23.7 Å². The normalized spacial score (nSPS) is 15.3. The minimum Gasteiger partial charge on any atom is -0.406 e. The molecule has 0 saturated carbocycles. The van der Waals surface area contributed by atoms with Crippen LogP contribution in [0.25, 0.3) is 16.9 Å². The molecule has 0 aliphatic heterocycles. The number of oxime groups is 1. The van der Waals surface area contributed by atoms with Crippen LogP contribution in [0.3, 0.4) is 0 Å². The molecule has 0 radical (unpaired) electrons. The van der Waals surface area contributed by atoms with E-state index in [1.165, 1.54) is 44.7 Å². The van der Waals surface area contributed by atoms with Crippen molar-refractivity contribution in [2.45, 2.75) is 44.8 Å².